The number of halogens is 1. The van der Waals surface area contributed by atoms with E-state index in [-0.39, 0.29) is 24.0 Å². The van der Waals surface area contributed by atoms with E-state index in [2.05, 4.69) is 5.32 Å². The summed E-state index contributed by atoms with van der Waals surface area (Å²) in [5.74, 6) is -0.829. The third kappa shape index (κ3) is 3.72. The minimum atomic E-state index is -0.448. The van der Waals surface area contributed by atoms with Crippen LogP contribution >= 0.6 is 11.6 Å². The molecular weight excluding hydrogens is 340 g/mol. The number of ketones is 1. The second-order valence-electron chi connectivity index (χ2n) is 5.98. The first-order valence-corrected chi connectivity index (χ1v) is 8.30. The van der Waals surface area contributed by atoms with E-state index < -0.39 is 5.92 Å². The van der Waals surface area contributed by atoms with Gasteiger partial charge in [-0.05, 0) is 43.3 Å². The zero-order valence-electron chi connectivity index (χ0n) is 13.7. The molecule has 0 aromatic heterocycles. The molecule has 0 bridgehead atoms. The molecule has 1 aliphatic rings. The molecule has 1 fully saturated rings. The van der Waals surface area contributed by atoms with Crippen LogP contribution < -0.4 is 10.2 Å². The number of Topliss-reactive ketones (excluding diaryl/α,β-unsaturated/α-hetero) is 1. The van der Waals surface area contributed by atoms with E-state index in [1.807, 2.05) is 0 Å². The van der Waals surface area contributed by atoms with Crippen molar-refractivity contribution < 1.29 is 14.4 Å². The van der Waals surface area contributed by atoms with Gasteiger partial charge in [-0.15, -0.1) is 0 Å². The molecule has 5 nitrogen and oxygen atoms in total. The minimum absolute atomic E-state index is 0.0327. The summed E-state index contributed by atoms with van der Waals surface area (Å²) in [4.78, 5) is 37.5. The SMILES string of the molecule is CC(=O)c1ccc(NC(=O)[C@@H]2CC(=O)N(c3ccccc3Cl)C2)cc1. The molecule has 6 heteroatoms. The highest BCUT2D eigenvalue weighted by Crippen LogP contribution is 2.31. The Bertz CT molecular complexity index is 833. The van der Waals surface area contributed by atoms with Gasteiger partial charge >= 0.3 is 0 Å². The van der Waals surface area contributed by atoms with Gasteiger partial charge in [0.15, 0.2) is 5.78 Å². The smallest absolute Gasteiger partial charge is 0.229 e. The van der Waals surface area contributed by atoms with Crippen LogP contribution in [0.2, 0.25) is 5.02 Å². The number of benzene rings is 2. The Balaban J connectivity index is 1.68. The molecule has 0 unspecified atom stereocenters. The van der Waals surface area contributed by atoms with Gasteiger partial charge in [0.1, 0.15) is 0 Å². The Labute approximate surface area is 150 Å². The number of anilines is 2. The van der Waals surface area contributed by atoms with Crippen molar-refractivity contribution >= 4 is 40.6 Å². The summed E-state index contributed by atoms with van der Waals surface area (Å²) < 4.78 is 0. The molecule has 1 atom stereocenters. The predicted octanol–water partition coefficient (Wildman–Crippen LogP) is 3.53. The van der Waals surface area contributed by atoms with Crippen molar-refractivity contribution in [3.8, 4) is 0 Å². The maximum Gasteiger partial charge on any atom is 0.229 e. The summed E-state index contributed by atoms with van der Waals surface area (Å²) >= 11 is 6.15. The Morgan fingerprint density at radius 3 is 2.44 bits per heavy atom. The first kappa shape index (κ1) is 17.2. The molecule has 25 heavy (non-hydrogen) atoms. The van der Waals surface area contributed by atoms with Crippen molar-refractivity contribution in [2.45, 2.75) is 13.3 Å². The quantitative estimate of drug-likeness (QED) is 0.852. The summed E-state index contributed by atoms with van der Waals surface area (Å²) in [6.07, 6.45) is 0.141. The third-order valence-electron chi connectivity index (χ3n) is 4.20. The Morgan fingerprint density at radius 2 is 1.80 bits per heavy atom. The Kier molecular flexibility index (Phi) is 4.86. The van der Waals surface area contributed by atoms with Gasteiger partial charge in [0, 0.05) is 24.2 Å². The van der Waals surface area contributed by atoms with Crippen LogP contribution in [0.15, 0.2) is 48.5 Å². The fourth-order valence-electron chi connectivity index (χ4n) is 2.82. The normalized spacial score (nSPS) is 16.8. The number of para-hydroxylation sites is 1. The van der Waals surface area contributed by atoms with Gasteiger partial charge < -0.3 is 10.2 Å². The van der Waals surface area contributed by atoms with E-state index in [0.717, 1.165) is 0 Å². The van der Waals surface area contributed by atoms with Crippen LogP contribution in [-0.4, -0.2) is 24.1 Å². The molecule has 3 rings (SSSR count). The molecule has 1 N–H and O–H groups in total. The summed E-state index contributed by atoms with van der Waals surface area (Å²) in [6, 6.07) is 13.8. The van der Waals surface area contributed by atoms with Gasteiger partial charge in [-0.1, -0.05) is 23.7 Å². The van der Waals surface area contributed by atoms with E-state index in [1.165, 1.54) is 6.92 Å². The predicted molar refractivity (Wildman–Crippen MR) is 97.0 cm³/mol. The van der Waals surface area contributed by atoms with Crippen LogP contribution in [-0.2, 0) is 9.59 Å². The zero-order chi connectivity index (χ0) is 18.0. The van der Waals surface area contributed by atoms with Crippen molar-refractivity contribution in [1.29, 1.82) is 0 Å². The molecule has 128 valence electrons. The average Bonchev–Trinajstić information content (AvgIpc) is 2.97. The van der Waals surface area contributed by atoms with Crippen LogP contribution in [0.4, 0.5) is 11.4 Å². The summed E-state index contributed by atoms with van der Waals surface area (Å²) in [5, 5.41) is 3.28. The number of carbonyl (C=O) groups is 3. The Hall–Kier alpha value is -2.66. The number of nitrogens with zero attached hydrogens (tertiary/aromatic N) is 1. The maximum atomic E-state index is 12.5. The van der Waals surface area contributed by atoms with Crippen LogP contribution in [0.1, 0.15) is 23.7 Å². The lowest BCUT2D eigenvalue weighted by atomic mass is 10.1. The van der Waals surface area contributed by atoms with Crippen molar-refractivity contribution in [2.75, 3.05) is 16.8 Å². The largest absolute Gasteiger partial charge is 0.326 e. The maximum absolute atomic E-state index is 12.5. The second kappa shape index (κ2) is 7.07. The van der Waals surface area contributed by atoms with Gasteiger partial charge in [-0.25, -0.2) is 0 Å². The molecular formula is C19H17ClN2O3. The first-order chi connectivity index (χ1) is 12.0. The van der Waals surface area contributed by atoms with Crippen molar-refractivity contribution in [2.24, 2.45) is 5.92 Å². The molecule has 1 heterocycles. The number of rotatable bonds is 4. The standard InChI is InChI=1S/C19H17ClN2O3/c1-12(23)13-6-8-15(9-7-13)21-19(25)14-10-18(24)22(11-14)17-5-3-2-4-16(17)20/h2-9,14H,10-11H2,1H3,(H,21,25)/t14-/m1/s1. The van der Waals surface area contributed by atoms with Gasteiger partial charge in [0.2, 0.25) is 11.8 Å². The average molecular weight is 357 g/mol. The molecule has 0 saturated carbocycles. The fraction of sp³-hybridized carbons (Fsp3) is 0.211. The topological polar surface area (TPSA) is 66.5 Å². The Morgan fingerprint density at radius 1 is 1.12 bits per heavy atom. The molecule has 0 aliphatic carbocycles. The fourth-order valence-corrected chi connectivity index (χ4v) is 3.06. The van der Waals surface area contributed by atoms with E-state index in [0.29, 0.717) is 28.5 Å². The molecule has 1 saturated heterocycles. The highest BCUT2D eigenvalue weighted by atomic mass is 35.5. The van der Waals surface area contributed by atoms with E-state index in [1.54, 1.807) is 53.4 Å². The van der Waals surface area contributed by atoms with Crippen LogP contribution in [0, 0.1) is 5.92 Å². The lowest BCUT2D eigenvalue weighted by Gasteiger charge is -2.18. The zero-order valence-corrected chi connectivity index (χ0v) is 14.4. The van der Waals surface area contributed by atoms with Gasteiger partial charge in [-0.3, -0.25) is 14.4 Å². The number of amides is 2. The van der Waals surface area contributed by atoms with Crippen molar-refractivity contribution in [3.05, 3.63) is 59.1 Å². The highest BCUT2D eigenvalue weighted by molar-refractivity contribution is 6.33. The van der Waals surface area contributed by atoms with Gasteiger partial charge in [0.05, 0.1) is 16.6 Å². The second-order valence-corrected chi connectivity index (χ2v) is 6.39. The molecule has 0 spiro atoms. The number of nitrogens with one attached hydrogen (secondary N) is 1. The number of hydrogen-bond acceptors (Lipinski definition) is 3. The van der Waals surface area contributed by atoms with Crippen LogP contribution in [0.3, 0.4) is 0 Å². The molecule has 0 radical (unpaired) electrons. The monoisotopic (exact) mass is 356 g/mol. The summed E-state index contributed by atoms with van der Waals surface area (Å²) in [5.41, 5.74) is 1.80. The van der Waals surface area contributed by atoms with Crippen LogP contribution in [0.25, 0.3) is 0 Å². The molecule has 2 amide bonds. The van der Waals surface area contributed by atoms with Crippen molar-refractivity contribution in [1.82, 2.24) is 0 Å². The van der Waals surface area contributed by atoms with Gasteiger partial charge in [0.25, 0.3) is 0 Å². The first-order valence-electron chi connectivity index (χ1n) is 7.92. The number of carbonyl (C=O) groups excluding carboxylic acids is 3. The highest BCUT2D eigenvalue weighted by Gasteiger charge is 2.35. The summed E-state index contributed by atoms with van der Waals surface area (Å²) in [6.45, 7) is 1.78. The van der Waals surface area contributed by atoms with Gasteiger partial charge in [-0.2, -0.15) is 0 Å². The molecule has 2 aromatic rings. The molecule has 2 aromatic carbocycles. The number of hydrogen-bond donors (Lipinski definition) is 1. The minimum Gasteiger partial charge on any atom is -0.326 e. The van der Waals surface area contributed by atoms with E-state index in [4.69, 9.17) is 11.6 Å². The third-order valence-corrected chi connectivity index (χ3v) is 4.52. The van der Waals surface area contributed by atoms with E-state index >= 15 is 0 Å². The lowest BCUT2D eigenvalue weighted by molar-refractivity contribution is -0.122. The molecule has 1 aliphatic heterocycles. The summed E-state index contributed by atoms with van der Waals surface area (Å²) in [7, 11) is 0. The van der Waals surface area contributed by atoms with Crippen molar-refractivity contribution in [3.63, 3.8) is 0 Å². The van der Waals surface area contributed by atoms with Crippen LogP contribution in [0.5, 0.6) is 0 Å². The van der Waals surface area contributed by atoms with E-state index in [9.17, 15) is 14.4 Å². The lowest BCUT2D eigenvalue weighted by Crippen LogP contribution is -2.28.